The number of nitro benzene ring substituents is 1. The lowest BCUT2D eigenvalue weighted by Gasteiger charge is -2.34. The Morgan fingerprint density at radius 1 is 1.19 bits per heavy atom. The molecule has 0 amide bonds. The maximum absolute atomic E-state index is 13.0. The zero-order valence-corrected chi connectivity index (χ0v) is 19.1. The first kappa shape index (κ1) is 23.0. The third-order valence-corrected chi connectivity index (χ3v) is 6.74. The fourth-order valence-electron chi connectivity index (χ4n) is 4.01. The lowest BCUT2D eigenvalue weighted by atomic mass is 9.72. The van der Waals surface area contributed by atoms with Gasteiger partial charge in [-0.25, -0.2) is 8.42 Å². The van der Waals surface area contributed by atoms with Crippen LogP contribution in [0.4, 0.5) is 17.1 Å². The molecular formula is C21H25ClN4O4S. The van der Waals surface area contributed by atoms with E-state index in [4.69, 9.17) is 11.6 Å². The highest BCUT2D eigenvalue weighted by Gasteiger charge is 2.30. The van der Waals surface area contributed by atoms with Crippen molar-refractivity contribution in [1.29, 1.82) is 0 Å². The number of nitro groups is 1. The van der Waals surface area contributed by atoms with Crippen molar-refractivity contribution in [3.63, 3.8) is 0 Å². The minimum absolute atomic E-state index is 0.110. The molecule has 1 aliphatic carbocycles. The van der Waals surface area contributed by atoms with E-state index in [9.17, 15) is 18.5 Å². The van der Waals surface area contributed by atoms with Gasteiger partial charge in [0.25, 0.3) is 15.7 Å². The van der Waals surface area contributed by atoms with E-state index in [-0.39, 0.29) is 27.4 Å². The summed E-state index contributed by atoms with van der Waals surface area (Å²) in [6.45, 7) is 6.51. The molecule has 1 unspecified atom stereocenters. The standard InChI is InChI=1S/C21H25ClN4O4S/c1-14-10-17(13-21(2,3)12-14)23-24-19-9-8-18(26(27)28)11-20(19)31(29,30)25-16-6-4-15(22)5-7-16/h4-9,11,14,24-25H,10,12-13H2,1-3H3. The molecule has 10 heteroatoms. The lowest BCUT2D eigenvalue weighted by Crippen LogP contribution is -2.28. The van der Waals surface area contributed by atoms with E-state index in [1.54, 1.807) is 12.1 Å². The van der Waals surface area contributed by atoms with Gasteiger partial charge >= 0.3 is 0 Å². The molecule has 0 saturated heterocycles. The zero-order chi connectivity index (χ0) is 22.8. The number of nitrogens with one attached hydrogen (secondary N) is 2. The number of nitrogens with zero attached hydrogens (tertiary/aromatic N) is 2. The maximum atomic E-state index is 13.0. The fourth-order valence-corrected chi connectivity index (χ4v) is 5.37. The maximum Gasteiger partial charge on any atom is 0.270 e. The first-order valence-corrected chi connectivity index (χ1v) is 11.7. The number of hydrogen-bond acceptors (Lipinski definition) is 6. The summed E-state index contributed by atoms with van der Waals surface area (Å²) in [5.41, 5.74) is 4.00. The number of non-ortho nitro benzene ring substituents is 1. The van der Waals surface area contributed by atoms with E-state index in [0.29, 0.717) is 10.9 Å². The Kier molecular flexibility index (Phi) is 6.56. The topological polar surface area (TPSA) is 114 Å². The SMILES string of the molecule is CC1CC(=NNc2ccc([N+](=O)[O-])cc2S(=O)(=O)Nc2ccc(Cl)cc2)CC(C)(C)C1. The van der Waals surface area contributed by atoms with Crippen LogP contribution in [0.15, 0.2) is 52.5 Å². The molecule has 1 aliphatic rings. The van der Waals surface area contributed by atoms with Crippen LogP contribution in [0.5, 0.6) is 0 Å². The number of benzene rings is 2. The van der Waals surface area contributed by atoms with Gasteiger partial charge in [0, 0.05) is 28.6 Å². The number of hydrogen-bond donors (Lipinski definition) is 2. The second-order valence-corrected chi connectivity index (χ2v) is 10.8. The van der Waals surface area contributed by atoms with Gasteiger partial charge in [0.1, 0.15) is 4.90 Å². The normalized spacial score (nSPS) is 19.7. The second kappa shape index (κ2) is 8.84. The van der Waals surface area contributed by atoms with Crippen molar-refractivity contribution in [3.8, 4) is 0 Å². The molecule has 31 heavy (non-hydrogen) atoms. The highest BCUT2D eigenvalue weighted by atomic mass is 35.5. The molecule has 0 radical (unpaired) electrons. The van der Waals surface area contributed by atoms with Gasteiger partial charge in [-0.05, 0) is 60.9 Å². The molecule has 1 fully saturated rings. The number of halogens is 1. The van der Waals surface area contributed by atoms with Gasteiger partial charge in [-0.2, -0.15) is 5.10 Å². The largest absolute Gasteiger partial charge is 0.280 e. The molecule has 0 heterocycles. The van der Waals surface area contributed by atoms with Crippen molar-refractivity contribution in [2.45, 2.75) is 44.9 Å². The van der Waals surface area contributed by atoms with Crippen molar-refractivity contribution in [3.05, 3.63) is 57.6 Å². The van der Waals surface area contributed by atoms with Crippen molar-refractivity contribution in [1.82, 2.24) is 0 Å². The Hall–Kier alpha value is -2.65. The Morgan fingerprint density at radius 3 is 2.48 bits per heavy atom. The number of hydrazone groups is 1. The molecule has 1 atom stereocenters. The lowest BCUT2D eigenvalue weighted by molar-refractivity contribution is -0.385. The second-order valence-electron chi connectivity index (χ2n) is 8.69. The van der Waals surface area contributed by atoms with Crippen LogP contribution in [0.25, 0.3) is 0 Å². The number of sulfonamides is 1. The van der Waals surface area contributed by atoms with Crippen molar-refractivity contribution >= 4 is 44.4 Å². The minimum atomic E-state index is -4.13. The van der Waals surface area contributed by atoms with Gasteiger partial charge in [-0.3, -0.25) is 20.3 Å². The van der Waals surface area contributed by atoms with Gasteiger partial charge in [0.15, 0.2) is 0 Å². The Labute approximate surface area is 186 Å². The summed E-state index contributed by atoms with van der Waals surface area (Å²) in [6, 6.07) is 9.74. The van der Waals surface area contributed by atoms with E-state index >= 15 is 0 Å². The van der Waals surface area contributed by atoms with Gasteiger partial charge in [0.2, 0.25) is 0 Å². The quantitative estimate of drug-likeness (QED) is 0.422. The van der Waals surface area contributed by atoms with E-state index < -0.39 is 14.9 Å². The van der Waals surface area contributed by atoms with Gasteiger partial charge in [0.05, 0.1) is 10.6 Å². The van der Waals surface area contributed by atoms with Crippen molar-refractivity contribution < 1.29 is 13.3 Å². The van der Waals surface area contributed by atoms with E-state index in [1.165, 1.54) is 24.3 Å². The average molecular weight is 465 g/mol. The molecule has 0 aliphatic heterocycles. The van der Waals surface area contributed by atoms with Crippen LogP contribution in [0, 0.1) is 21.4 Å². The van der Waals surface area contributed by atoms with Crippen LogP contribution < -0.4 is 10.1 Å². The molecule has 0 aromatic heterocycles. The summed E-state index contributed by atoms with van der Waals surface area (Å²) in [6.07, 6.45) is 2.70. The number of rotatable bonds is 6. The summed E-state index contributed by atoms with van der Waals surface area (Å²) in [7, 11) is -4.13. The van der Waals surface area contributed by atoms with Crippen molar-refractivity contribution in [2.75, 3.05) is 10.1 Å². The van der Waals surface area contributed by atoms with Crippen LogP contribution in [0.1, 0.15) is 40.0 Å². The van der Waals surface area contributed by atoms with Crippen LogP contribution in [-0.4, -0.2) is 19.1 Å². The van der Waals surface area contributed by atoms with Crippen LogP contribution in [-0.2, 0) is 10.0 Å². The smallest absolute Gasteiger partial charge is 0.270 e. The average Bonchev–Trinajstić information content (AvgIpc) is 2.66. The molecule has 0 bridgehead atoms. The van der Waals surface area contributed by atoms with E-state index in [1.807, 2.05) is 0 Å². The Bertz CT molecular complexity index is 1110. The molecule has 166 valence electrons. The summed E-state index contributed by atoms with van der Waals surface area (Å²) >= 11 is 5.85. The van der Waals surface area contributed by atoms with E-state index in [0.717, 1.165) is 31.0 Å². The highest BCUT2D eigenvalue weighted by molar-refractivity contribution is 7.92. The first-order valence-electron chi connectivity index (χ1n) is 9.83. The molecule has 3 rings (SSSR count). The molecular weight excluding hydrogens is 440 g/mol. The summed E-state index contributed by atoms with van der Waals surface area (Å²) in [4.78, 5) is 10.3. The third-order valence-electron chi connectivity index (χ3n) is 5.06. The van der Waals surface area contributed by atoms with Gasteiger partial charge < -0.3 is 0 Å². The summed E-state index contributed by atoms with van der Waals surface area (Å²) in [5.74, 6) is 0.468. The van der Waals surface area contributed by atoms with Crippen LogP contribution in [0.3, 0.4) is 0 Å². The Balaban J connectivity index is 1.94. The zero-order valence-electron chi connectivity index (χ0n) is 17.6. The Morgan fingerprint density at radius 2 is 1.87 bits per heavy atom. The molecule has 2 aromatic rings. The number of anilines is 2. The predicted octanol–water partition coefficient (Wildman–Crippen LogP) is 5.66. The third kappa shape index (κ3) is 5.95. The van der Waals surface area contributed by atoms with Gasteiger partial charge in [-0.1, -0.05) is 32.4 Å². The molecule has 8 nitrogen and oxygen atoms in total. The monoisotopic (exact) mass is 464 g/mol. The molecule has 0 spiro atoms. The highest BCUT2D eigenvalue weighted by Crippen LogP contribution is 2.37. The van der Waals surface area contributed by atoms with Crippen LogP contribution >= 0.6 is 11.6 Å². The van der Waals surface area contributed by atoms with E-state index in [2.05, 4.69) is 36.0 Å². The fraction of sp³-hybridized carbons (Fsp3) is 0.381. The van der Waals surface area contributed by atoms with Crippen molar-refractivity contribution in [2.24, 2.45) is 16.4 Å². The molecule has 1 saturated carbocycles. The summed E-state index contributed by atoms with van der Waals surface area (Å²) in [5, 5.41) is 16.1. The molecule has 2 aromatic carbocycles. The molecule has 2 N–H and O–H groups in total. The minimum Gasteiger partial charge on any atom is -0.280 e. The first-order chi connectivity index (χ1) is 14.4. The van der Waals surface area contributed by atoms with Crippen LogP contribution in [0.2, 0.25) is 5.02 Å². The predicted molar refractivity (Wildman–Crippen MR) is 123 cm³/mol. The summed E-state index contributed by atoms with van der Waals surface area (Å²) < 4.78 is 28.5. The van der Waals surface area contributed by atoms with Gasteiger partial charge in [-0.15, -0.1) is 0 Å².